The first-order chi connectivity index (χ1) is 9.97. The lowest BCUT2D eigenvalue weighted by atomic mass is 9.98. The van der Waals surface area contributed by atoms with Crippen LogP contribution in [0.4, 0.5) is 0 Å². The highest BCUT2D eigenvalue weighted by atomic mass is 16.5. The molecule has 1 rings (SSSR count). The van der Waals surface area contributed by atoms with Crippen molar-refractivity contribution in [3.63, 3.8) is 0 Å². The number of carbonyl (C=O) groups is 2. The van der Waals surface area contributed by atoms with Crippen LogP contribution in [0.25, 0.3) is 0 Å². The van der Waals surface area contributed by atoms with Crippen molar-refractivity contribution >= 4 is 11.8 Å². The van der Waals surface area contributed by atoms with E-state index < -0.39 is 0 Å². The Balaban J connectivity index is 2.80. The maximum Gasteiger partial charge on any atom is 0.305 e. The van der Waals surface area contributed by atoms with Gasteiger partial charge in [0.05, 0.1) is 13.2 Å². The van der Waals surface area contributed by atoms with E-state index in [4.69, 9.17) is 0 Å². The highest BCUT2D eigenvalue weighted by Crippen LogP contribution is 2.11. The van der Waals surface area contributed by atoms with Crippen molar-refractivity contribution in [1.82, 2.24) is 5.32 Å². The Bertz CT molecular complexity index is 467. The smallest absolute Gasteiger partial charge is 0.305 e. The predicted octanol–water partition coefficient (Wildman–Crippen LogP) is 2.89. The molecule has 0 saturated heterocycles. The first kappa shape index (κ1) is 17.4. The number of carbonyl (C=O) groups excluding carboxylic acids is 2. The molecule has 0 heterocycles. The fourth-order valence-electron chi connectivity index (χ4n) is 2.03. The molecular weight excluding hydrogens is 266 g/mol. The van der Waals surface area contributed by atoms with Crippen LogP contribution in [0.3, 0.4) is 0 Å². The molecule has 0 spiro atoms. The maximum absolute atomic E-state index is 12.6. The molecule has 2 unspecified atom stereocenters. The molecule has 0 saturated carbocycles. The number of aryl methyl sites for hydroxylation is 1. The van der Waals surface area contributed by atoms with E-state index in [0.29, 0.717) is 12.0 Å². The maximum atomic E-state index is 12.6. The Labute approximate surface area is 126 Å². The van der Waals surface area contributed by atoms with Crippen LogP contribution >= 0.6 is 0 Å². The van der Waals surface area contributed by atoms with E-state index in [1.54, 1.807) is 0 Å². The third-order valence-electron chi connectivity index (χ3n) is 3.62. The lowest BCUT2D eigenvalue weighted by Crippen LogP contribution is -2.42. The average Bonchev–Trinajstić information content (AvgIpc) is 2.50. The second-order valence-electron chi connectivity index (χ2n) is 5.37. The summed E-state index contributed by atoms with van der Waals surface area (Å²) in [7, 11) is 1.36. The van der Waals surface area contributed by atoms with E-state index in [9.17, 15) is 9.59 Å². The van der Waals surface area contributed by atoms with Gasteiger partial charge in [0.2, 0.25) is 0 Å². The number of esters is 1. The highest BCUT2D eigenvalue weighted by Gasteiger charge is 2.22. The quantitative estimate of drug-likeness (QED) is 0.591. The fourth-order valence-corrected chi connectivity index (χ4v) is 2.03. The number of nitrogens with one attached hydrogen (secondary N) is 1. The molecule has 1 aromatic rings. The first-order valence-electron chi connectivity index (χ1n) is 7.41. The normalized spacial score (nSPS) is 13.5. The Morgan fingerprint density at radius 1 is 1.24 bits per heavy atom. The van der Waals surface area contributed by atoms with E-state index in [1.807, 2.05) is 38.1 Å². The van der Waals surface area contributed by atoms with E-state index in [1.165, 1.54) is 7.11 Å². The summed E-state index contributed by atoms with van der Waals surface area (Å²) in [6.45, 7) is 6.08. The van der Waals surface area contributed by atoms with Crippen LogP contribution in [0.2, 0.25) is 0 Å². The van der Waals surface area contributed by atoms with Crippen molar-refractivity contribution in [1.29, 1.82) is 0 Å². The lowest BCUT2D eigenvalue weighted by molar-refractivity contribution is -0.140. The van der Waals surface area contributed by atoms with Gasteiger partial charge in [-0.1, -0.05) is 36.8 Å². The van der Waals surface area contributed by atoms with Crippen molar-refractivity contribution in [3.8, 4) is 0 Å². The Morgan fingerprint density at radius 3 is 2.38 bits per heavy atom. The number of benzene rings is 1. The van der Waals surface area contributed by atoms with Crippen molar-refractivity contribution in [2.24, 2.45) is 0 Å². The Morgan fingerprint density at radius 2 is 1.86 bits per heavy atom. The van der Waals surface area contributed by atoms with Gasteiger partial charge in [0.1, 0.15) is 0 Å². The summed E-state index contributed by atoms with van der Waals surface area (Å²) < 4.78 is 4.66. The average molecular weight is 291 g/mol. The summed E-state index contributed by atoms with van der Waals surface area (Å²) in [6.07, 6.45) is 1.61. The lowest BCUT2D eigenvalue weighted by Gasteiger charge is -2.21. The third kappa shape index (κ3) is 5.68. The first-order valence-corrected chi connectivity index (χ1v) is 7.41. The standard InChI is InChI=1S/C17H25NO3/c1-5-13(3)18-15(10-11-16(19)21-4)17(20)14-8-6-12(2)7-9-14/h6-9,13,15,18H,5,10-11H2,1-4H3. The van der Waals surface area contributed by atoms with Crippen LogP contribution in [0.15, 0.2) is 24.3 Å². The van der Waals surface area contributed by atoms with Gasteiger partial charge in [0.15, 0.2) is 5.78 Å². The van der Waals surface area contributed by atoms with Gasteiger partial charge in [0.25, 0.3) is 0 Å². The van der Waals surface area contributed by atoms with E-state index in [-0.39, 0.29) is 30.3 Å². The topological polar surface area (TPSA) is 55.4 Å². The second kappa shape index (κ2) is 8.57. The molecule has 0 fully saturated rings. The number of hydrogen-bond donors (Lipinski definition) is 1. The minimum atomic E-state index is -0.359. The molecule has 0 amide bonds. The fraction of sp³-hybridized carbons (Fsp3) is 0.529. The largest absolute Gasteiger partial charge is 0.469 e. The number of Topliss-reactive ketones (excluding diaryl/α,β-unsaturated/α-hetero) is 1. The zero-order valence-corrected chi connectivity index (χ0v) is 13.3. The number of ether oxygens (including phenoxy) is 1. The van der Waals surface area contributed by atoms with Crippen LogP contribution < -0.4 is 5.32 Å². The molecule has 116 valence electrons. The molecule has 0 bridgehead atoms. The molecule has 2 atom stereocenters. The highest BCUT2D eigenvalue weighted by molar-refractivity contribution is 6.00. The molecule has 4 heteroatoms. The molecular formula is C17H25NO3. The zero-order valence-electron chi connectivity index (χ0n) is 13.3. The minimum Gasteiger partial charge on any atom is -0.469 e. The van der Waals surface area contributed by atoms with Gasteiger partial charge in [-0.25, -0.2) is 0 Å². The predicted molar refractivity (Wildman–Crippen MR) is 83.4 cm³/mol. The summed E-state index contributed by atoms with van der Waals surface area (Å²) in [5.41, 5.74) is 1.79. The van der Waals surface area contributed by atoms with Crippen molar-refractivity contribution in [2.75, 3.05) is 7.11 Å². The van der Waals surface area contributed by atoms with Crippen LogP contribution in [0, 0.1) is 6.92 Å². The van der Waals surface area contributed by atoms with Gasteiger partial charge in [0, 0.05) is 18.0 Å². The van der Waals surface area contributed by atoms with Gasteiger partial charge in [-0.2, -0.15) is 0 Å². The summed E-state index contributed by atoms with van der Waals surface area (Å²) in [5.74, 6) is -0.262. The van der Waals surface area contributed by atoms with Gasteiger partial charge in [-0.15, -0.1) is 0 Å². The Kier molecular flexibility index (Phi) is 7.09. The summed E-state index contributed by atoms with van der Waals surface area (Å²) in [4.78, 5) is 23.9. The molecule has 0 aliphatic rings. The number of methoxy groups -OCH3 is 1. The molecule has 0 aliphatic carbocycles. The molecule has 21 heavy (non-hydrogen) atoms. The summed E-state index contributed by atoms with van der Waals surface area (Å²) >= 11 is 0. The van der Waals surface area contributed by atoms with Crippen molar-refractivity contribution in [2.45, 2.75) is 52.1 Å². The summed E-state index contributed by atoms with van der Waals surface area (Å²) in [6, 6.07) is 7.38. The third-order valence-corrected chi connectivity index (χ3v) is 3.62. The zero-order chi connectivity index (χ0) is 15.8. The van der Waals surface area contributed by atoms with E-state index in [2.05, 4.69) is 17.0 Å². The second-order valence-corrected chi connectivity index (χ2v) is 5.37. The van der Waals surface area contributed by atoms with E-state index >= 15 is 0 Å². The molecule has 0 aliphatic heterocycles. The van der Waals surface area contributed by atoms with Crippen LogP contribution in [-0.4, -0.2) is 30.9 Å². The number of hydrogen-bond acceptors (Lipinski definition) is 4. The summed E-state index contributed by atoms with van der Waals surface area (Å²) in [5, 5.41) is 3.30. The Hall–Kier alpha value is -1.68. The minimum absolute atomic E-state index is 0.0270. The van der Waals surface area contributed by atoms with Crippen LogP contribution in [0.5, 0.6) is 0 Å². The van der Waals surface area contributed by atoms with Gasteiger partial charge in [-0.3, -0.25) is 9.59 Å². The van der Waals surface area contributed by atoms with Crippen LogP contribution in [0.1, 0.15) is 49.0 Å². The van der Waals surface area contributed by atoms with Gasteiger partial charge in [-0.05, 0) is 26.7 Å². The molecule has 4 nitrogen and oxygen atoms in total. The van der Waals surface area contributed by atoms with Crippen molar-refractivity contribution in [3.05, 3.63) is 35.4 Å². The van der Waals surface area contributed by atoms with Gasteiger partial charge < -0.3 is 10.1 Å². The van der Waals surface area contributed by atoms with Crippen LogP contribution in [-0.2, 0) is 9.53 Å². The van der Waals surface area contributed by atoms with E-state index in [0.717, 1.165) is 12.0 Å². The van der Waals surface area contributed by atoms with Crippen molar-refractivity contribution < 1.29 is 14.3 Å². The molecule has 0 aromatic heterocycles. The number of rotatable bonds is 8. The molecule has 1 N–H and O–H groups in total. The SMILES string of the molecule is CCC(C)NC(CCC(=O)OC)C(=O)c1ccc(C)cc1. The number of ketones is 1. The monoisotopic (exact) mass is 291 g/mol. The van der Waals surface area contributed by atoms with Gasteiger partial charge >= 0.3 is 5.97 Å². The molecule has 0 radical (unpaired) electrons. The molecule has 1 aromatic carbocycles.